The maximum absolute atomic E-state index is 2.49. The molecule has 0 amide bonds. The molecule has 0 aromatic carbocycles. The number of hydrogen-bond acceptors (Lipinski definition) is 2. The van der Waals surface area contributed by atoms with Gasteiger partial charge in [-0.3, -0.25) is 4.31 Å². The van der Waals surface area contributed by atoms with Crippen LogP contribution >= 0.6 is 11.9 Å². The topological polar surface area (TPSA) is 3.24 Å². The van der Waals surface area contributed by atoms with Crippen molar-refractivity contribution in [3.8, 4) is 0 Å². The van der Waals surface area contributed by atoms with Crippen LogP contribution in [0.5, 0.6) is 0 Å². The van der Waals surface area contributed by atoms with Crippen LogP contribution < -0.4 is 0 Å². The van der Waals surface area contributed by atoms with Crippen molar-refractivity contribution in [3.05, 3.63) is 0 Å². The van der Waals surface area contributed by atoms with E-state index in [0.29, 0.717) is 10.8 Å². The van der Waals surface area contributed by atoms with Crippen LogP contribution in [-0.2, 0) is 0 Å². The van der Waals surface area contributed by atoms with Gasteiger partial charge in [0.15, 0.2) is 0 Å². The molecule has 1 heterocycles. The van der Waals surface area contributed by atoms with E-state index in [-0.39, 0.29) is 0 Å². The lowest BCUT2D eigenvalue weighted by molar-refractivity contribution is 0.235. The summed E-state index contributed by atoms with van der Waals surface area (Å²) in [7, 11) is 0. The molecule has 1 nitrogen and oxygen atoms in total. The average molecular weight is 215 g/mol. The molecular weight excluding hydrogens is 190 g/mol. The molecule has 0 aromatic heterocycles. The molecule has 0 atom stereocenters. The van der Waals surface area contributed by atoms with Crippen molar-refractivity contribution in [2.45, 2.75) is 47.5 Å². The zero-order valence-corrected chi connectivity index (χ0v) is 11.2. The minimum absolute atomic E-state index is 0.457. The summed E-state index contributed by atoms with van der Waals surface area (Å²) in [5.74, 6) is 1.27. The van der Waals surface area contributed by atoms with E-state index in [1.54, 1.807) is 0 Å². The highest BCUT2D eigenvalue weighted by Crippen LogP contribution is 2.37. The predicted molar refractivity (Wildman–Crippen MR) is 66.5 cm³/mol. The first kappa shape index (κ1) is 12.4. The van der Waals surface area contributed by atoms with Crippen LogP contribution in [0.25, 0.3) is 0 Å². The minimum Gasteiger partial charge on any atom is -0.251 e. The Morgan fingerprint density at radius 1 is 1.07 bits per heavy atom. The molecule has 0 N–H and O–H groups in total. The van der Waals surface area contributed by atoms with Crippen LogP contribution in [0, 0.1) is 10.8 Å². The first-order chi connectivity index (χ1) is 6.29. The fraction of sp³-hybridized carbons (Fsp3) is 1.00. The third-order valence-electron chi connectivity index (χ3n) is 2.46. The van der Waals surface area contributed by atoms with E-state index in [4.69, 9.17) is 0 Å². The first-order valence-corrected chi connectivity index (χ1v) is 6.61. The second kappa shape index (κ2) is 4.44. The Balaban J connectivity index is 2.25. The Kier molecular flexibility index (Phi) is 3.93. The molecule has 14 heavy (non-hydrogen) atoms. The Morgan fingerprint density at radius 2 is 1.64 bits per heavy atom. The number of hydrogen-bond donors (Lipinski definition) is 0. The summed E-state index contributed by atoms with van der Waals surface area (Å²) in [6.07, 6.45) is 2.70. The van der Waals surface area contributed by atoms with Crippen LogP contribution in [0.4, 0.5) is 0 Å². The van der Waals surface area contributed by atoms with E-state index in [2.05, 4.69) is 38.9 Å². The summed E-state index contributed by atoms with van der Waals surface area (Å²) in [4.78, 5) is 0. The van der Waals surface area contributed by atoms with Crippen LogP contribution in [0.3, 0.4) is 0 Å². The van der Waals surface area contributed by atoms with Gasteiger partial charge in [0.05, 0.1) is 0 Å². The highest BCUT2D eigenvalue weighted by Gasteiger charge is 2.27. The van der Waals surface area contributed by atoms with Gasteiger partial charge in [-0.2, -0.15) is 0 Å². The van der Waals surface area contributed by atoms with Crippen molar-refractivity contribution >= 4 is 11.9 Å². The van der Waals surface area contributed by atoms with Crippen molar-refractivity contribution < 1.29 is 0 Å². The van der Waals surface area contributed by atoms with E-state index in [1.807, 2.05) is 11.9 Å². The van der Waals surface area contributed by atoms with Crippen molar-refractivity contribution in [3.63, 3.8) is 0 Å². The number of nitrogens with zero attached hydrogens (tertiary/aromatic N) is 1. The Hall–Kier alpha value is 0.310. The third-order valence-corrected chi connectivity index (χ3v) is 4.10. The summed E-state index contributed by atoms with van der Waals surface area (Å²) in [6, 6.07) is 0. The first-order valence-electron chi connectivity index (χ1n) is 5.66. The van der Waals surface area contributed by atoms with Gasteiger partial charge in [0, 0.05) is 18.8 Å². The van der Waals surface area contributed by atoms with Gasteiger partial charge in [-0.1, -0.05) is 46.6 Å². The molecule has 0 aromatic rings. The smallest absolute Gasteiger partial charge is 0.0132 e. The molecule has 2 heteroatoms. The van der Waals surface area contributed by atoms with Gasteiger partial charge in [0.2, 0.25) is 0 Å². The van der Waals surface area contributed by atoms with E-state index in [0.717, 1.165) is 0 Å². The molecule has 0 aliphatic carbocycles. The van der Waals surface area contributed by atoms with Crippen molar-refractivity contribution in [2.75, 3.05) is 18.8 Å². The van der Waals surface area contributed by atoms with E-state index < -0.39 is 0 Å². The van der Waals surface area contributed by atoms with Gasteiger partial charge in [0.1, 0.15) is 0 Å². The van der Waals surface area contributed by atoms with Crippen LogP contribution in [-0.4, -0.2) is 23.1 Å². The fourth-order valence-electron chi connectivity index (χ4n) is 2.17. The Bertz CT molecular complexity index is 177. The molecule has 0 unspecified atom stereocenters. The normalized spacial score (nSPS) is 19.5. The van der Waals surface area contributed by atoms with Crippen molar-refractivity contribution in [1.29, 1.82) is 0 Å². The lowest BCUT2D eigenvalue weighted by Gasteiger charge is -2.36. The second-order valence-corrected chi connectivity index (χ2v) is 7.52. The molecule has 1 aliphatic rings. The molecule has 1 rings (SSSR count). The fourth-order valence-corrected chi connectivity index (χ4v) is 3.32. The van der Waals surface area contributed by atoms with Crippen LogP contribution in [0.2, 0.25) is 0 Å². The SMILES string of the molecule is CC(C)(C)CC(C)(C)CSN1CCC1. The van der Waals surface area contributed by atoms with E-state index in [9.17, 15) is 0 Å². The highest BCUT2D eigenvalue weighted by molar-refractivity contribution is 7.97. The maximum Gasteiger partial charge on any atom is 0.0132 e. The van der Waals surface area contributed by atoms with Crippen molar-refractivity contribution in [1.82, 2.24) is 4.31 Å². The van der Waals surface area contributed by atoms with Gasteiger partial charge in [-0.25, -0.2) is 0 Å². The Morgan fingerprint density at radius 3 is 2.00 bits per heavy atom. The van der Waals surface area contributed by atoms with Gasteiger partial charge in [-0.15, -0.1) is 0 Å². The maximum atomic E-state index is 2.49. The summed E-state index contributed by atoms with van der Waals surface area (Å²) in [5.41, 5.74) is 0.928. The lowest BCUT2D eigenvalue weighted by Crippen LogP contribution is -2.33. The third kappa shape index (κ3) is 4.70. The van der Waals surface area contributed by atoms with Crippen molar-refractivity contribution in [2.24, 2.45) is 10.8 Å². The summed E-state index contributed by atoms with van der Waals surface area (Å²) < 4.78 is 2.49. The molecule has 84 valence electrons. The molecule has 0 bridgehead atoms. The molecule has 0 saturated carbocycles. The number of rotatable bonds is 4. The second-order valence-electron chi connectivity index (χ2n) is 6.46. The van der Waals surface area contributed by atoms with Gasteiger partial charge in [0.25, 0.3) is 0 Å². The summed E-state index contributed by atoms with van der Waals surface area (Å²) >= 11 is 2.04. The molecule has 0 spiro atoms. The summed E-state index contributed by atoms with van der Waals surface area (Å²) in [5, 5.41) is 0. The van der Waals surface area contributed by atoms with E-state index in [1.165, 1.54) is 31.7 Å². The Labute approximate surface area is 93.8 Å². The highest BCUT2D eigenvalue weighted by atomic mass is 32.2. The quantitative estimate of drug-likeness (QED) is 0.656. The molecular formula is C12H25NS. The molecule has 1 aliphatic heterocycles. The molecule has 1 saturated heterocycles. The predicted octanol–water partition coefficient (Wildman–Crippen LogP) is 3.80. The van der Waals surface area contributed by atoms with Crippen LogP contribution in [0.15, 0.2) is 0 Å². The van der Waals surface area contributed by atoms with E-state index >= 15 is 0 Å². The summed E-state index contributed by atoms with van der Waals surface area (Å²) in [6.45, 7) is 14.4. The minimum atomic E-state index is 0.457. The zero-order chi connectivity index (χ0) is 10.8. The average Bonchev–Trinajstić information content (AvgIpc) is 1.75. The monoisotopic (exact) mass is 215 g/mol. The largest absolute Gasteiger partial charge is 0.251 e. The van der Waals surface area contributed by atoms with Gasteiger partial charge >= 0.3 is 0 Å². The van der Waals surface area contributed by atoms with Gasteiger partial charge < -0.3 is 0 Å². The zero-order valence-electron chi connectivity index (χ0n) is 10.4. The lowest BCUT2D eigenvalue weighted by atomic mass is 9.77. The molecule has 0 radical (unpaired) electrons. The standard InChI is InChI=1S/C12H25NS/c1-11(2,3)9-12(4,5)10-14-13-7-6-8-13/h6-10H2,1-5H3. The van der Waals surface area contributed by atoms with Gasteiger partial charge in [-0.05, 0) is 23.7 Å². The van der Waals surface area contributed by atoms with Crippen LogP contribution in [0.1, 0.15) is 47.5 Å². The molecule has 1 fully saturated rings.